The minimum absolute atomic E-state index is 0.260. The number of aromatic amines is 1. The van der Waals surface area contributed by atoms with Crippen LogP contribution in [0.15, 0.2) is 42.6 Å². The second-order valence-corrected chi connectivity index (χ2v) is 6.52. The van der Waals surface area contributed by atoms with Gasteiger partial charge in [-0.1, -0.05) is 0 Å². The Morgan fingerprint density at radius 2 is 1.77 bits per heavy atom. The molecule has 3 aromatic rings. The topological polar surface area (TPSA) is 54.1 Å². The highest BCUT2D eigenvalue weighted by Gasteiger charge is 2.17. The lowest BCUT2D eigenvalue weighted by atomic mass is 10.2. The normalized spacial score (nSPS) is 14.7. The summed E-state index contributed by atoms with van der Waals surface area (Å²) < 4.78 is 32.6. The maximum atomic E-state index is 13.5. The van der Waals surface area contributed by atoms with E-state index in [1.807, 2.05) is 0 Å². The van der Waals surface area contributed by atoms with E-state index < -0.39 is 11.6 Å². The van der Waals surface area contributed by atoms with Crippen LogP contribution in [-0.2, 0) is 0 Å². The maximum absolute atomic E-state index is 13.5. The first-order valence-electron chi connectivity index (χ1n) is 8.64. The van der Waals surface area contributed by atoms with Crippen molar-refractivity contribution in [2.75, 3.05) is 5.32 Å². The van der Waals surface area contributed by atoms with Crippen molar-refractivity contribution in [2.24, 2.45) is 0 Å². The number of hydrogen-bond acceptors (Lipinski definition) is 2. The number of H-pyrrole nitrogens is 1. The number of amides is 1. The van der Waals surface area contributed by atoms with Gasteiger partial charge in [0.05, 0.1) is 17.3 Å². The van der Waals surface area contributed by atoms with Gasteiger partial charge in [-0.15, -0.1) is 0 Å². The molecule has 0 saturated heterocycles. The van der Waals surface area contributed by atoms with Crippen molar-refractivity contribution in [3.63, 3.8) is 0 Å². The van der Waals surface area contributed by atoms with Gasteiger partial charge in [0, 0.05) is 23.2 Å². The van der Waals surface area contributed by atoms with Gasteiger partial charge in [0.15, 0.2) is 11.6 Å². The second-order valence-electron chi connectivity index (χ2n) is 6.52. The standard InChI is InChI=1S/C20H18F2N2O2/c21-16-9-15-18(10-17(16)22)23-11-19(15)24-20(25)12-5-7-14(8-6-12)26-13-3-1-2-4-13/h5-11,13,23H,1-4H2,(H,24,25). The van der Waals surface area contributed by atoms with Gasteiger partial charge < -0.3 is 15.0 Å². The van der Waals surface area contributed by atoms with E-state index in [0.29, 0.717) is 22.2 Å². The summed E-state index contributed by atoms with van der Waals surface area (Å²) in [5.74, 6) is -1.47. The molecule has 2 N–H and O–H groups in total. The molecule has 1 aliphatic rings. The summed E-state index contributed by atoms with van der Waals surface area (Å²) in [5, 5.41) is 3.14. The Labute approximate surface area is 149 Å². The van der Waals surface area contributed by atoms with Crippen LogP contribution in [0.3, 0.4) is 0 Å². The number of fused-ring (bicyclic) bond motifs is 1. The van der Waals surface area contributed by atoms with Gasteiger partial charge in [-0.25, -0.2) is 8.78 Å². The van der Waals surface area contributed by atoms with Gasteiger partial charge in [0.1, 0.15) is 5.75 Å². The maximum Gasteiger partial charge on any atom is 0.255 e. The van der Waals surface area contributed by atoms with Crippen molar-refractivity contribution in [2.45, 2.75) is 31.8 Å². The van der Waals surface area contributed by atoms with E-state index in [2.05, 4.69) is 10.3 Å². The van der Waals surface area contributed by atoms with E-state index in [9.17, 15) is 13.6 Å². The number of carbonyl (C=O) groups is 1. The van der Waals surface area contributed by atoms with Gasteiger partial charge in [-0.2, -0.15) is 0 Å². The Morgan fingerprint density at radius 3 is 2.50 bits per heavy atom. The fraction of sp³-hybridized carbons (Fsp3) is 0.250. The third kappa shape index (κ3) is 3.27. The summed E-state index contributed by atoms with van der Waals surface area (Å²) in [6.45, 7) is 0. The number of aromatic nitrogens is 1. The predicted octanol–water partition coefficient (Wildman–Crippen LogP) is 5.02. The van der Waals surface area contributed by atoms with Gasteiger partial charge in [0.2, 0.25) is 0 Å². The van der Waals surface area contributed by atoms with Crippen molar-refractivity contribution < 1.29 is 18.3 Å². The van der Waals surface area contributed by atoms with Gasteiger partial charge >= 0.3 is 0 Å². The lowest BCUT2D eigenvalue weighted by Gasteiger charge is -2.13. The van der Waals surface area contributed by atoms with Crippen LogP contribution in [0.2, 0.25) is 0 Å². The monoisotopic (exact) mass is 356 g/mol. The van der Waals surface area contributed by atoms with Crippen LogP contribution in [-0.4, -0.2) is 17.0 Å². The summed E-state index contributed by atoms with van der Waals surface area (Å²) in [5.41, 5.74) is 1.27. The van der Waals surface area contributed by atoms with Crippen LogP contribution in [0, 0.1) is 11.6 Å². The molecule has 1 amide bonds. The molecule has 0 atom stereocenters. The van der Waals surface area contributed by atoms with Gasteiger partial charge in [-0.3, -0.25) is 4.79 Å². The molecule has 6 heteroatoms. The molecular formula is C20H18F2N2O2. The number of nitrogens with one attached hydrogen (secondary N) is 2. The van der Waals surface area contributed by atoms with E-state index in [-0.39, 0.29) is 12.0 Å². The van der Waals surface area contributed by atoms with Crippen LogP contribution >= 0.6 is 0 Å². The summed E-state index contributed by atoms with van der Waals surface area (Å²) in [7, 11) is 0. The van der Waals surface area contributed by atoms with Crippen molar-refractivity contribution in [1.29, 1.82) is 0 Å². The molecule has 1 saturated carbocycles. The van der Waals surface area contributed by atoms with E-state index in [4.69, 9.17) is 4.74 Å². The number of rotatable bonds is 4. The average molecular weight is 356 g/mol. The third-order valence-electron chi connectivity index (χ3n) is 4.69. The molecule has 1 heterocycles. The zero-order valence-electron chi connectivity index (χ0n) is 14.0. The predicted molar refractivity (Wildman–Crippen MR) is 95.5 cm³/mol. The van der Waals surface area contributed by atoms with Crippen LogP contribution in [0.1, 0.15) is 36.0 Å². The third-order valence-corrected chi connectivity index (χ3v) is 4.69. The quantitative estimate of drug-likeness (QED) is 0.690. The molecule has 0 bridgehead atoms. The van der Waals surface area contributed by atoms with Crippen LogP contribution in [0.5, 0.6) is 5.75 Å². The lowest BCUT2D eigenvalue weighted by Crippen LogP contribution is -2.13. The SMILES string of the molecule is O=C(Nc1c[nH]c2cc(F)c(F)cc12)c1ccc(OC2CCCC2)cc1. The summed E-state index contributed by atoms with van der Waals surface area (Å²) in [6, 6.07) is 9.06. The van der Waals surface area contributed by atoms with E-state index in [0.717, 1.165) is 30.7 Å². The molecule has 0 aliphatic heterocycles. The molecular weight excluding hydrogens is 338 g/mol. The molecule has 1 fully saturated rings. The molecule has 0 radical (unpaired) electrons. The molecule has 26 heavy (non-hydrogen) atoms. The van der Waals surface area contributed by atoms with Gasteiger partial charge in [-0.05, 0) is 56.0 Å². The number of hydrogen-bond donors (Lipinski definition) is 2. The first-order valence-corrected chi connectivity index (χ1v) is 8.64. The smallest absolute Gasteiger partial charge is 0.255 e. The van der Waals surface area contributed by atoms with Crippen LogP contribution in [0.25, 0.3) is 10.9 Å². The Balaban J connectivity index is 1.48. The zero-order chi connectivity index (χ0) is 18.1. The highest BCUT2D eigenvalue weighted by atomic mass is 19.2. The average Bonchev–Trinajstić information content (AvgIpc) is 3.27. The molecule has 4 rings (SSSR count). The summed E-state index contributed by atoms with van der Waals surface area (Å²) >= 11 is 0. The number of carbonyl (C=O) groups excluding carboxylic acids is 1. The van der Waals surface area contributed by atoms with Crippen molar-refractivity contribution in [3.05, 3.63) is 59.8 Å². The van der Waals surface area contributed by atoms with E-state index >= 15 is 0 Å². The highest BCUT2D eigenvalue weighted by Crippen LogP contribution is 2.27. The zero-order valence-corrected chi connectivity index (χ0v) is 14.0. The van der Waals surface area contributed by atoms with Crippen molar-refractivity contribution in [1.82, 2.24) is 4.98 Å². The van der Waals surface area contributed by atoms with E-state index in [1.54, 1.807) is 24.3 Å². The summed E-state index contributed by atoms with van der Waals surface area (Å²) in [6.07, 6.45) is 6.30. The second kappa shape index (κ2) is 6.78. The molecule has 0 unspecified atom stereocenters. The Bertz CT molecular complexity index is 944. The van der Waals surface area contributed by atoms with Crippen LogP contribution in [0.4, 0.5) is 14.5 Å². The minimum Gasteiger partial charge on any atom is -0.490 e. The molecule has 1 aliphatic carbocycles. The first-order chi connectivity index (χ1) is 12.6. The van der Waals surface area contributed by atoms with Crippen molar-refractivity contribution in [3.8, 4) is 5.75 Å². The molecule has 0 spiro atoms. The number of anilines is 1. The Kier molecular flexibility index (Phi) is 4.32. The number of ether oxygens (including phenoxy) is 1. The number of halogens is 2. The highest BCUT2D eigenvalue weighted by molar-refractivity contribution is 6.09. The minimum atomic E-state index is -0.957. The molecule has 134 valence electrons. The molecule has 1 aromatic heterocycles. The van der Waals surface area contributed by atoms with Gasteiger partial charge in [0.25, 0.3) is 5.91 Å². The van der Waals surface area contributed by atoms with E-state index in [1.165, 1.54) is 19.0 Å². The fourth-order valence-corrected chi connectivity index (χ4v) is 3.30. The number of benzene rings is 2. The lowest BCUT2D eigenvalue weighted by molar-refractivity contribution is 0.102. The Hall–Kier alpha value is -2.89. The largest absolute Gasteiger partial charge is 0.490 e. The molecule has 4 nitrogen and oxygen atoms in total. The first kappa shape index (κ1) is 16.6. The fourth-order valence-electron chi connectivity index (χ4n) is 3.30. The van der Waals surface area contributed by atoms with Crippen molar-refractivity contribution >= 4 is 22.5 Å². The molecule has 2 aromatic carbocycles. The summed E-state index contributed by atoms with van der Waals surface area (Å²) in [4.78, 5) is 15.3. The van der Waals surface area contributed by atoms with Crippen LogP contribution < -0.4 is 10.1 Å². The Morgan fingerprint density at radius 1 is 1.08 bits per heavy atom.